The highest BCUT2D eigenvalue weighted by atomic mass is 32.2. The molecular formula is C21H19FN6O2S2. The molecule has 0 bridgehead atoms. The van der Waals surface area contributed by atoms with E-state index in [-0.39, 0.29) is 17.2 Å². The number of benzene rings is 2. The minimum atomic E-state index is -0.592. The van der Waals surface area contributed by atoms with Gasteiger partial charge in [-0.1, -0.05) is 47.4 Å². The molecule has 4 rings (SSSR count). The molecule has 0 aliphatic carbocycles. The number of para-hydroxylation sites is 1. The molecule has 2 N–H and O–H groups in total. The Morgan fingerprint density at radius 2 is 1.91 bits per heavy atom. The SMILES string of the molecule is C[C@H](NC(=O)c1ccccc1F)c1nnc(SCC(=O)Nc2nc3ccccc3s2)n1C. The zero-order valence-corrected chi connectivity index (χ0v) is 18.8. The van der Waals surface area contributed by atoms with Crippen LogP contribution in [0.25, 0.3) is 10.2 Å². The first kappa shape index (κ1) is 21.9. The van der Waals surface area contributed by atoms with Crippen LogP contribution in [0.4, 0.5) is 9.52 Å². The van der Waals surface area contributed by atoms with Crippen LogP contribution in [0.5, 0.6) is 0 Å². The summed E-state index contributed by atoms with van der Waals surface area (Å²) >= 11 is 2.63. The summed E-state index contributed by atoms with van der Waals surface area (Å²) in [4.78, 5) is 29.1. The minimum Gasteiger partial charge on any atom is -0.342 e. The molecule has 2 heterocycles. The largest absolute Gasteiger partial charge is 0.342 e. The fourth-order valence-electron chi connectivity index (χ4n) is 3.02. The number of hydrogen-bond acceptors (Lipinski definition) is 7. The summed E-state index contributed by atoms with van der Waals surface area (Å²) in [6, 6.07) is 12.9. The Morgan fingerprint density at radius 1 is 1.16 bits per heavy atom. The van der Waals surface area contributed by atoms with Crippen molar-refractivity contribution in [3.63, 3.8) is 0 Å². The van der Waals surface area contributed by atoms with Gasteiger partial charge in [0.15, 0.2) is 16.1 Å². The number of fused-ring (bicyclic) bond motifs is 1. The van der Waals surface area contributed by atoms with E-state index in [4.69, 9.17) is 0 Å². The van der Waals surface area contributed by atoms with Crippen LogP contribution in [-0.4, -0.2) is 37.3 Å². The van der Waals surface area contributed by atoms with Gasteiger partial charge in [0.05, 0.1) is 27.6 Å². The molecule has 0 spiro atoms. The number of anilines is 1. The molecule has 0 saturated heterocycles. The average Bonchev–Trinajstić information content (AvgIpc) is 3.34. The van der Waals surface area contributed by atoms with Gasteiger partial charge in [0.2, 0.25) is 5.91 Å². The third-order valence-corrected chi connectivity index (χ3v) is 6.57. The van der Waals surface area contributed by atoms with Gasteiger partial charge < -0.3 is 15.2 Å². The number of rotatable bonds is 7. The van der Waals surface area contributed by atoms with Crippen LogP contribution in [0.1, 0.15) is 29.1 Å². The molecule has 2 aromatic carbocycles. The van der Waals surface area contributed by atoms with Gasteiger partial charge in [-0.3, -0.25) is 9.59 Å². The number of nitrogens with one attached hydrogen (secondary N) is 2. The maximum atomic E-state index is 13.8. The lowest BCUT2D eigenvalue weighted by Gasteiger charge is -2.14. The van der Waals surface area contributed by atoms with Crippen molar-refractivity contribution in [3.8, 4) is 0 Å². The van der Waals surface area contributed by atoms with E-state index in [2.05, 4.69) is 25.8 Å². The average molecular weight is 471 g/mol. The quantitative estimate of drug-likeness (QED) is 0.399. The Morgan fingerprint density at radius 3 is 2.69 bits per heavy atom. The Balaban J connectivity index is 1.35. The molecule has 0 aliphatic rings. The van der Waals surface area contributed by atoms with Gasteiger partial charge in [-0.25, -0.2) is 9.37 Å². The van der Waals surface area contributed by atoms with E-state index in [1.165, 1.54) is 41.3 Å². The molecule has 8 nitrogen and oxygen atoms in total. The number of thioether (sulfide) groups is 1. The molecule has 4 aromatic rings. The molecule has 164 valence electrons. The van der Waals surface area contributed by atoms with Crippen molar-refractivity contribution in [2.45, 2.75) is 18.1 Å². The molecule has 0 aliphatic heterocycles. The maximum absolute atomic E-state index is 13.8. The molecule has 1 atom stereocenters. The highest BCUT2D eigenvalue weighted by Crippen LogP contribution is 2.26. The summed E-state index contributed by atoms with van der Waals surface area (Å²) in [6.45, 7) is 1.73. The number of thiazole rings is 1. The lowest BCUT2D eigenvalue weighted by molar-refractivity contribution is -0.113. The molecule has 0 saturated carbocycles. The summed E-state index contributed by atoms with van der Waals surface area (Å²) < 4.78 is 16.5. The van der Waals surface area contributed by atoms with Gasteiger partial charge >= 0.3 is 0 Å². The van der Waals surface area contributed by atoms with Crippen molar-refractivity contribution < 1.29 is 14.0 Å². The van der Waals surface area contributed by atoms with Gasteiger partial charge in [0, 0.05) is 7.05 Å². The third-order valence-electron chi connectivity index (χ3n) is 4.59. The summed E-state index contributed by atoms with van der Waals surface area (Å²) in [7, 11) is 1.74. The first-order valence-corrected chi connectivity index (χ1v) is 11.5. The molecule has 0 fully saturated rings. The number of aromatic nitrogens is 4. The van der Waals surface area contributed by atoms with Crippen molar-refractivity contribution in [1.29, 1.82) is 0 Å². The van der Waals surface area contributed by atoms with E-state index in [0.717, 1.165) is 10.2 Å². The highest BCUT2D eigenvalue weighted by molar-refractivity contribution is 7.99. The van der Waals surface area contributed by atoms with Crippen molar-refractivity contribution in [3.05, 3.63) is 65.7 Å². The first-order valence-electron chi connectivity index (χ1n) is 9.65. The second-order valence-electron chi connectivity index (χ2n) is 6.90. The summed E-state index contributed by atoms with van der Waals surface area (Å²) in [5.41, 5.74) is 0.799. The number of carbonyl (C=O) groups is 2. The molecule has 0 unspecified atom stereocenters. The van der Waals surface area contributed by atoms with E-state index in [1.807, 2.05) is 24.3 Å². The van der Waals surface area contributed by atoms with Crippen LogP contribution < -0.4 is 10.6 Å². The lowest BCUT2D eigenvalue weighted by atomic mass is 10.2. The fraction of sp³-hybridized carbons (Fsp3) is 0.190. The topological polar surface area (TPSA) is 102 Å². The van der Waals surface area contributed by atoms with Crippen LogP contribution in [0.2, 0.25) is 0 Å². The molecule has 2 aromatic heterocycles. The third kappa shape index (κ3) is 4.78. The van der Waals surface area contributed by atoms with Gasteiger partial charge in [-0.2, -0.15) is 0 Å². The van der Waals surface area contributed by atoms with E-state index in [1.54, 1.807) is 24.6 Å². The Hall–Kier alpha value is -3.31. The van der Waals surface area contributed by atoms with E-state index in [9.17, 15) is 14.0 Å². The summed E-state index contributed by atoms with van der Waals surface area (Å²) in [5.74, 6) is -0.727. The Labute approximate surface area is 191 Å². The summed E-state index contributed by atoms with van der Waals surface area (Å²) in [5, 5.41) is 14.8. The van der Waals surface area contributed by atoms with Crippen LogP contribution in [0, 0.1) is 5.82 Å². The monoisotopic (exact) mass is 470 g/mol. The molecule has 0 radical (unpaired) electrons. The fourth-order valence-corrected chi connectivity index (χ4v) is 4.62. The van der Waals surface area contributed by atoms with E-state index < -0.39 is 17.8 Å². The van der Waals surface area contributed by atoms with Crippen molar-refractivity contribution in [1.82, 2.24) is 25.1 Å². The van der Waals surface area contributed by atoms with Crippen LogP contribution in [0.15, 0.2) is 53.7 Å². The molecule has 32 heavy (non-hydrogen) atoms. The lowest BCUT2D eigenvalue weighted by Crippen LogP contribution is -2.29. The molecule has 11 heteroatoms. The molecular weight excluding hydrogens is 451 g/mol. The van der Waals surface area contributed by atoms with E-state index in [0.29, 0.717) is 16.1 Å². The predicted octanol–water partition coefficient (Wildman–Crippen LogP) is 3.79. The van der Waals surface area contributed by atoms with Gasteiger partial charge in [-0.05, 0) is 31.2 Å². The first-order chi connectivity index (χ1) is 15.4. The van der Waals surface area contributed by atoms with Crippen molar-refractivity contribution in [2.24, 2.45) is 7.05 Å². The number of carbonyl (C=O) groups excluding carboxylic acids is 2. The van der Waals surface area contributed by atoms with Crippen molar-refractivity contribution >= 4 is 50.3 Å². The molecule has 2 amide bonds. The second-order valence-corrected chi connectivity index (χ2v) is 8.87. The number of amides is 2. The Bertz CT molecular complexity index is 1260. The van der Waals surface area contributed by atoms with Gasteiger partial charge in [-0.15, -0.1) is 10.2 Å². The van der Waals surface area contributed by atoms with Crippen molar-refractivity contribution in [2.75, 3.05) is 11.1 Å². The van der Waals surface area contributed by atoms with Crippen LogP contribution >= 0.6 is 23.1 Å². The van der Waals surface area contributed by atoms with Gasteiger partial charge in [0.1, 0.15) is 5.82 Å². The van der Waals surface area contributed by atoms with Gasteiger partial charge in [0.25, 0.3) is 5.91 Å². The normalized spacial score (nSPS) is 12.0. The zero-order valence-electron chi connectivity index (χ0n) is 17.2. The zero-order chi connectivity index (χ0) is 22.7. The predicted molar refractivity (Wildman–Crippen MR) is 122 cm³/mol. The van der Waals surface area contributed by atoms with E-state index >= 15 is 0 Å². The number of halogens is 1. The summed E-state index contributed by atoms with van der Waals surface area (Å²) in [6.07, 6.45) is 0. The number of nitrogens with zero attached hydrogens (tertiary/aromatic N) is 4. The second kappa shape index (κ2) is 9.45. The Kier molecular flexibility index (Phi) is 6.47. The minimum absolute atomic E-state index is 0.0392. The van der Waals surface area contributed by atoms with Crippen LogP contribution in [-0.2, 0) is 11.8 Å². The highest BCUT2D eigenvalue weighted by Gasteiger charge is 2.20. The smallest absolute Gasteiger partial charge is 0.254 e. The standard InChI is InChI=1S/C21H19FN6O2S2/c1-12(23-19(30)13-7-3-4-8-14(13)22)18-26-27-21(28(18)2)31-11-17(29)25-20-24-15-9-5-6-10-16(15)32-20/h3-10,12H,11H2,1-2H3,(H,23,30)(H,24,25,29)/t12-/m0/s1. The maximum Gasteiger partial charge on any atom is 0.254 e. The number of hydrogen-bond donors (Lipinski definition) is 2. The van der Waals surface area contributed by atoms with Crippen LogP contribution in [0.3, 0.4) is 0 Å².